The Morgan fingerprint density at radius 2 is 2.28 bits per heavy atom. The smallest absolute Gasteiger partial charge is 0.0537 e. The predicted molar refractivity (Wildman–Crippen MR) is 74.3 cm³/mol. The lowest BCUT2D eigenvalue weighted by Gasteiger charge is -2.43. The molecular formula is C14H26N4. The summed E-state index contributed by atoms with van der Waals surface area (Å²) in [6.45, 7) is 9.55. The van der Waals surface area contributed by atoms with E-state index in [1.807, 2.05) is 10.9 Å². The lowest BCUT2D eigenvalue weighted by atomic mass is 9.85. The quantitative estimate of drug-likeness (QED) is 0.889. The highest BCUT2D eigenvalue weighted by Crippen LogP contribution is 2.36. The van der Waals surface area contributed by atoms with Gasteiger partial charge in [-0.25, -0.2) is 0 Å². The van der Waals surface area contributed by atoms with Gasteiger partial charge in [-0.15, -0.1) is 0 Å². The van der Waals surface area contributed by atoms with Gasteiger partial charge in [-0.3, -0.25) is 9.58 Å². The van der Waals surface area contributed by atoms with Crippen molar-refractivity contribution in [2.75, 3.05) is 13.1 Å². The molecule has 2 heterocycles. The van der Waals surface area contributed by atoms with Crippen LogP contribution in [0.15, 0.2) is 12.4 Å². The number of piperidine rings is 1. The molecule has 0 saturated carbocycles. The van der Waals surface area contributed by atoms with Gasteiger partial charge in [0.2, 0.25) is 0 Å². The van der Waals surface area contributed by atoms with Gasteiger partial charge in [0.15, 0.2) is 0 Å². The van der Waals surface area contributed by atoms with Crippen LogP contribution in [0.1, 0.15) is 45.2 Å². The van der Waals surface area contributed by atoms with Crippen LogP contribution in [0, 0.1) is 5.92 Å². The second-order valence-electron chi connectivity index (χ2n) is 5.54. The second kappa shape index (κ2) is 5.85. The number of hydrogen-bond acceptors (Lipinski definition) is 3. The van der Waals surface area contributed by atoms with Gasteiger partial charge in [0.25, 0.3) is 0 Å². The van der Waals surface area contributed by atoms with Crippen LogP contribution < -0.4 is 5.73 Å². The van der Waals surface area contributed by atoms with Crippen molar-refractivity contribution in [3.8, 4) is 0 Å². The third kappa shape index (κ3) is 2.59. The average Bonchev–Trinajstić information content (AvgIpc) is 2.86. The van der Waals surface area contributed by atoms with E-state index in [1.165, 1.54) is 24.9 Å². The molecule has 1 fully saturated rings. The molecule has 2 atom stereocenters. The summed E-state index contributed by atoms with van der Waals surface area (Å²) in [5.41, 5.74) is 7.31. The maximum Gasteiger partial charge on any atom is 0.0537 e. The Labute approximate surface area is 110 Å². The van der Waals surface area contributed by atoms with Gasteiger partial charge in [0.1, 0.15) is 0 Å². The molecule has 0 amide bonds. The van der Waals surface area contributed by atoms with Gasteiger partial charge in [0.05, 0.1) is 6.20 Å². The minimum atomic E-state index is 0.448. The molecule has 1 aliphatic heterocycles. The van der Waals surface area contributed by atoms with Crippen LogP contribution in [0.3, 0.4) is 0 Å². The average molecular weight is 250 g/mol. The number of aryl methyl sites for hydroxylation is 1. The zero-order chi connectivity index (χ0) is 13.1. The Balaban J connectivity index is 2.27. The van der Waals surface area contributed by atoms with E-state index in [1.54, 1.807) is 0 Å². The molecule has 0 radical (unpaired) electrons. The summed E-state index contributed by atoms with van der Waals surface area (Å²) in [5, 5.41) is 4.42. The fourth-order valence-electron chi connectivity index (χ4n) is 3.10. The fourth-order valence-corrected chi connectivity index (χ4v) is 3.10. The maximum absolute atomic E-state index is 5.98. The first kappa shape index (κ1) is 13.6. The van der Waals surface area contributed by atoms with Gasteiger partial charge in [-0.2, -0.15) is 5.10 Å². The molecule has 1 saturated heterocycles. The number of aromatic nitrogens is 2. The minimum Gasteiger partial charge on any atom is -0.330 e. The molecule has 4 nitrogen and oxygen atoms in total. The zero-order valence-corrected chi connectivity index (χ0v) is 11.8. The van der Waals surface area contributed by atoms with E-state index in [-0.39, 0.29) is 0 Å². The van der Waals surface area contributed by atoms with E-state index in [4.69, 9.17) is 5.73 Å². The summed E-state index contributed by atoms with van der Waals surface area (Å²) < 4.78 is 2.01. The first-order valence-corrected chi connectivity index (χ1v) is 7.15. The van der Waals surface area contributed by atoms with Crippen molar-refractivity contribution in [3.05, 3.63) is 18.0 Å². The Hall–Kier alpha value is -0.870. The minimum absolute atomic E-state index is 0.448. The first-order chi connectivity index (χ1) is 8.67. The summed E-state index contributed by atoms with van der Waals surface area (Å²) in [4.78, 5) is 2.58. The van der Waals surface area contributed by atoms with E-state index in [2.05, 4.69) is 37.0 Å². The van der Waals surface area contributed by atoms with Crippen LogP contribution >= 0.6 is 0 Å². The monoisotopic (exact) mass is 250 g/mol. The lowest BCUT2D eigenvalue weighted by Crippen LogP contribution is -2.44. The van der Waals surface area contributed by atoms with Crippen molar-refractivity contribution in [3.63, 3.8) is 0 Å². The molecular weight excluding hydrogens is 224 g/mol. The Morgan fingerprint density at radius 3 is 2.83 bits per heavy atom. The van der Waals surface area contributed by atoms with Crippen LogP contribution in [0.2, 0.25) is 0 Å². The van der Waals surface area contributed by atoms with Gasteiger partial charge >= 0.3 is 0 Å². The highest BCUT2D eigenvalue weighted by molar-refractivity contribution is 5.14. The summed E-state index contributed by atoms with van der Waals surface area (Å²) in [6, 6.07) is 1.01. The molecule has 0 bridgehead atoms. The third-order valence-electron chi connectivity index (χ3n) is 4.08. The van der Waals surface area contributed by atoms with Crippen molar-refractivity contribution >= 4 is 0 Å². The molecule has 2 N–H and O–H groups in total. The normalized spacial score (nSPS) is 25.8. The molecule has 1 aromatic rings. The molecule has 1 aliphatic rings. The molecule has 1 aromatic heterocycles. The zero-order valence-electron chi connectivity index (χ0n) is 11.8. The topological polar surface area (TPSA) is 47.1 Å². The van der Waals surface area contributed by atoms with Crippen LogP contribution in [-0.4, -0.2) is 33.8 Å². The first-order valence-electron chi connectivity index (χ1n) is 7.15. The Kier molecular flexibility index (Phi) is 4.40. The van der Waals surface area contributed by atoms with Crippen molar-refractivity contribution in [1.82, 2.24) is 14.7 Å². The van der Waals surface area contributed by atoms with Gasteiger partial charge < -0.3 is 5.73 Å². The molecule has 2 unspecified atom stereocenters. The number of likely N-dealkylation sites (tertiary alicyclic amines) is 1. The standard InChI is InChI=1S/C14H26N4/c1-4-17-10-13(9-16-17)14-12(8-15)6-5-7-18(14)11(2)3/h9-12,14H,4-8,15H2,1-3H3. The van der Waals surface area contributed by atoms with Crippen molar-refractivity contribution in [2.24, 2.45) is 11.7 Å². The maximum atomic E-state index is 5.98. The molecule has 0 aliphatic carbocycles. The number of nitrogens with zero attached hydrogens (tertiary/aromatic N) is 3. The van der Waals surface area contributed by atoms with Crippen molar-refractivity contribution < 1.29 is 0 Å². The lowest BCUT2D eigenvalue weighted by molar-refractivity contribution is 0.0665. The highest BCUT2D eigenvalue weighted by Gasteiger charge is 2.33. The Bertz CT molecular complexity index is 372. The van der Waals surface area contributed by atoms with Gasteiger partial charge in [-0.05, 0) is 52.6 Å². The number of rotatable bonds is 4. The molecule has 2 rings (SSSR count). The molecule has 0 spiro atoms. The van der Waals surface area contributed by atoms with Crippen LogP contribution in [-0.2, 0) is 6.54 Å². The summed E-state index contributed by atoms with van der Waals surface area (Å²) in [6.07, 6.45) is 6.71. The predicted octanol–water partition coefficient (Wildman–Crippen LogP) is 2.02. The second-order valence-corrected chi connectivity index (χ2v) is 5.54. The Morgan fingerprint density at radius 1 is 1.50 bits per heavy atom. The van der Waals surface area contributed by atoms with E-state index in [0.717, 1.165) is 13.1 Å². The highest BCUT2D eigenvalue weighted by atomic mass is 15.3. The van der Waals surface area contributed by atoms with E-state index < -0.39 is 0 Å². The van der Waals surface area contributed by atoms with Crippen molar-refractivity contribution in [2.45, 2.75) is 52.2 Å². The van der Waals surface area contributed by atoms with E-state index in [9.17, 15) is 0 Å². The van der Waals surface area contributed by atoms with E-state index in [0.29, 0.717) is 18.0 Å². The number of hydrogen-bond donors (Lipinski definition) is 1. The summed E-state index contributed by atoms with van der Waals surface area (Å²) >= 11 is 0. The fraction of sp³-hybridized carbons (Fsp3) is 0.786. The number of nitrogens with two attached hydrogens (primary N) is 1. The van der Waals surface area contributed by atoms with E-state index >= 15 is 0 Å². The van der Waals surface area contributed by atoms with Crippen LogP contribution in [0.25, 0.3) is 0 Å². The largest absolute Gasteiger partial charge is 0.330 e. The molecule has 102 valence electrons. The molecule has 0 aromatic carbocycles. The van der Waals surface area contributed by atoms with Crippen LogP contribution in [0.4, 0.5) is 0 Å². The van der Waals surface area contributed by atoms with Gasteiger partial charge in [-0.1, -0.05) is 0 Å². The summed E-state index contributed by atoms with van der Waals surface area (Å²) in [7, 11) is 0. The SMILES string of the molecule is CCn1cc(C2C(CN)CCCN2C(C)C)cn1. The third-order valence-corrected chi connectivity index (χ3v) is 4.08. The molecule has 4 heteroatoms. The van der Waals surface area contributed by atoms with Crippen LogP contribution in [0.5, 0.6) is 0 Å². The van der Waals surface area contributed by atoms with Gasteiger partial charge in [0, 0.05) is 30.4 Å². The molecule has 18 heavy (non-hydrogen) atoms. The van der Waals surface area contributed by atoms with Crippen molar-refractivity contribution in [1.29, 1.82) is 0 Å². The summed E-state index contributed by atoms with van der Waals surface area (Å²) in [5.74, 6) is 0.565.